The lowest BCUT2D eigenvalue weighted by Crippen LogP contribution is -2.39. The molecular formula is C11H21NO2. The van der Waals surface area contributed by atoms with Crippen LogP contribution in [-0.2, 0) is 4.74 Å². The molecule has 3 atom stereocenters. The van der Waals surface area contributed by atoms with E-state index in [1.807, 2.05) is 0 Å². The van der Waals surface area contributed by atoms with Gasteiger partial charge in [0.2, 0.25) is 0 Å². The highest BCUT2D eigenvalue weighted by Gasteiger charge is 2.35. The Balaban J connectivity index is 1.78. The first-order valence-electron chi connectivity index (χ1n) is 5.69. The summed E-state index contributed by atoms with van der Waals surface area (Å²) in [7, 11) is 0. The third-order valence-corrected chi connectivity index (χ3v) is 3.53. The van der Waals surface area contributed by atoms with Gasteiger partial charge in [0.25, 0.3) is 0 Å². The van der Waals surface area contributed by atoms with E-state index in [9.17, 15) is 5.11 Å². The van der Waals surface area contributed by atoms with Gasteiger partial charge in [-0.3, -0.25) is 0 Å². The Morgan fingerprint density at radius 2 is 2.43 bits per heavy atom. The SMILES string of the molecule is CC1(CO)CC(CC2CCCO2)CN1. The Morgan fingerprint density at radius 3 is 3.00 bits per heavy atom. The number of aliphatic hydroxyl groups is 1. The molecule has 14 heavy (non-hydrogen) atoms. The minimum atomic E-state index is -0.0384. The van der Waals surface area contributed by atoms with E-state index in [1.54, 1.807) is 0 Å². The van der Waals surface area contributed by atoms with Crippen molar-refractivity contribution in [2.24, 2.45) is 5.92 Å². The van der Waals surface area contributed by atoms with Gasteiger partial charge < -0.3 is 15.2 Å². The summed E-state index contributed by atoms with van der Waals surface area (Å²) in [6.45, 7) is 4.33. The van der Waals surface area contributed by atoms with E-state index in [2.05, 4.69) is 12.2 Å². The molecule has 2 saturated heterocycles. The van der Waals surface area contributed by atoms with E-state index >= 15 is 0 Å². The zero-order valence-electron chi connectivity index (χ0n) is 8.96. The fraction of sp³-hybridized carbons (Fsp3) is 1.00. The quantitative estimate of drug-likeness (QED) is 0.710. The van der Waals surface area contributed by atoms with Gasteiger partial charge in [-0.1, -0.05) is 0 Å². The standard InChI is InChI=1S/C11H21NO2/c1-11(8-13)6-9(7-12-11)5-10-3-2-4-14-10/h9-10,12-13H,2-8H2,1H3. The molecule has 2 N–H and O–H groups in total. The van der Waals surface area contributed by atoms with Crippen LogP contribution in [0, 0.1) is 5.92 Å². The first-order chi connectivity index (χ1) is 6.72. The molecule has 2 aliphatic rings. The summed E-state index contributed by atoms with van der Waals surface area (Å²) in [4.78, 5) is 0. The molecule has 82 valence electrons. The summed E-state index contributed by atoms with van der Waals surface area (Å²) in [5.74, 6) is 0.690. The smallest absolute Gasteiger partial charge is 0.0610 e. The van der Waals surface area contributed by atoms with Crippen LogP contribution in [0.4, 0.5) is 0 Å². The van der Waals surface area contributed by atoms with Crippen molar-refractivity contribution >= 4 is 0 Å². The van der Waals surface area contributed by atoms with Gasteiger partial charge >= 0.3 is 0 Å². The zero-order chi connectivity index (χ0) is 10.0. The maximum absolute atomic E-state index is 9.21. The molecule has 3 nitrogen and oxygen atoms in total. The molecule has 2 aliphatic heterocycles. The van der Waals surface area contributed by atoms with Gasteiger partial charge in [-0.2, -0.15) is 0 Å². The summed E-state index contributed by atoms with van der Waals surface area (Å²) in [5, 5.41) is 12.6. The Morgan fingerprint density at radius 1 is 1.57 bits per heavy atom. The Labute approximate surface area is 85.8 Å². The van der Waals surface area contributed by atoms with E-state index in [-0.39, 0.29) is 12.1 Å². The number of hydrogen-bond acceptors (Lipinski definition) is 3. The Hall–Kier alpha value is -0.120. The lowest BCUT2D eigenvalue weighted by atomic mass is 9.91. The van der Waals surface area contributed by atoms with Gasteiger partial charge in [0.15, 0.2) is 0 Å². The van der Waals surface area contributed by atoms with Gasteiger partial charge in [-0.15, -0.1) is 0 Å². The minimum Gasteiger partial charge on any atom is -0.394 e. The lowest BCUT2D eigenvalue weighted by Gasteiger charge is -2.21. The lowest BCUT2D eigenvalue weighted by molar-refractivity contribution is 0.0899. The molecule has 2 heterocycles. The minimum absolute atomic E-state index is 0.0384. The summed E-state index contributed by atoms with van der Waals surface area (Å²) in [6.07, 6.45) is 5.20. The molecule has 0 amide bonds. The number of ether oxygens (including phenoxy) is 1. The molecule has 0 aromatic rings. The van der Waals surface area contributed by atoms with Crippen LogP contribution in [0.25, 0.3) is 0 Å². The maximum atomic E-state index is 9.21. The molecule has 2 fully saturated rings. The Bertz CT molecular complexity index is 192. The molecule has 0 aromatic carbocycles. The van der Waals surface area contributed by atoms with Crippen molar-refractivity contribution < 1.29 is 9.84 Å². The first-order valence-corrected chi connectivity index (χ1v) is 5.69. The van der Waals surface area contributed by atoms with Crippen molar-refractivity contribution in [1.29, 1.82) is 0 Å². The van der Waals surface area contributed by atoms with E-state index < -0.39 is 0 Å². The van der Waals surface area contributed by atoms with Crippen molar-refractivity contribution in [1.82, 2.24) is 5.32 Å². The third kappa shape index (κ3) is 2.27. The molecule has 2 rings (SSSR count). The van der Waals surface area contributed by atoms with Crippen LogP contribution in [0.15, 0.2) is 0 Å². The largest absolute Gasteiger partial charge is 0.394 e. The van der Waals surface area contributed by atoms with Crippen LogP contribution < -0.4 is 5.32 Å². The summed E-state index contributed by atoms with van der Waals surface area (Å²) in [5.41, 5.74) is -0.0384. The van der Waals surface area contributed by atoms with Crippen molar-refractivity contribution in [3.8, 4) is 0 Å². The van der Waals surface area contributed by atoms with E-state index in [0.717, 1.165) is 19.6 Å². The van der Waals surface area contributed by atoms with Crippen molar-refractivity contribution in [2.45, 2.75) is 44.2 Å². The first kappa shape index (κ1) is 10.4. The predicted octanol–water partition coefficient (Wildman–Crippen LogP) is 0.916. The topological polar surface area (TPSA) is 41.5 Å². The summed E-state index contributed by atoms with van der Waals surface area (Å²) in [6, 6.07) is 0. The average Bonchev–Trinajstić information content (AvgIpc) is 2.78. The normalized spacial score (nSPS) is 43.3. The summed E-state index contributed by atoms with van der Waals surface area (Å²) >= 11 is 0. The number of aliphatic hydroxyl groups excluding tert-OH is 1. The molecular weight excluding hydrogens is 178 g/mol. The number of nitrogens with one attached hydrogen (secondary N) is 1. The third-order valence-electron chi connectivity index (χ3n) is 3.53. The van der Waals surface area contributed by atoms with Crippen LogP contribution >= 0.6 is 0 Å². The van der Waals surface area contributed by atoms with Crippen LogP contribution in [0.1, 0.15) is 32.6 Å². The second-order valence-corrected chi connectivity index (χ2v) is 5.04. The van der Waals surface area contributed by atoms with Crippen molar-refractivity contribution in [2.75, 3.05) is 19.8 Å². The van der Waals surface area contributed by atoms with Crippen LogP contribution in [0.2, 0.25) is 0 Å². The molecule has 3 unspecified atom stereocenters. The average molecular weight is 199 g/mol. The maximum Gasteiger partial charge on any atom is 0.0610 e. The van der Waals surface area contributed by atoms with Gasteiger partial charge in [-0.05, 0) is 45.1 Å². The van der Waals surface area contributed by atoms with E-state index in [4.69, 9.17) is 4.74 Å². The second kappa shape index (κ2) is 4.17. The number of hydrogen-bond donors (Lipinski definition) is 2. The zero-order valence-corrected chi connectivity index (χ0v) is 8.96. The molecule has 0 radical (unpaired) electrons. The van der Waals surface area contributed by atoms with E-state index in [0.29, 0.717) is 12.0 Å². The van der Waals surface area contributed by atoms with Gasteiger partial charge in [0.05, 0.1) is 12.7 Å². The number of rotatable bonds is 3. The van der Waals surface area contributed by atoms with E-state index in [1.165, 1.54) is 19.3 Å². The molecule has 0 saturated carbocycles. The predicted molar refractivity (Wildman–Crippen MR) is 55.2 cm³/mol. The van der Waals surface area contributed by atoms with Crippen LogP contribution in [0.3, 0.4) is 0 Å². The summed E-state index contributed by atoms with van der Waals surface area (Å²) < 4.78 is 5.63. The highest BCUT2D eigenvalue weighted by Crippen LogP contribution is 2.29. The van der Waals surface area contributed by atoms with Crippen LogP contribution in [0.5, 0.6) is 0 Å². The molecule has 0 aromatic heterocycles. The highest BCUT2D eigenvalue weighted by molar-refractivity contribution is 4.93. The van der Waals surface area contributed by atoms with Gasteiger partial charge in [0.1, 0.15) is 0 Å². The fourth-order valence-corrected chi connectivity index (χ4v) is 2.66. The van der Waals surface area contributed by atoms with Crippen molar-refractivity contribution in [3.05, 3.63) is 0 Å². The van der Waals surface area contributed by atoms with Gasteiger partial charge in [-0.25, -0.2) is 0 Å². The van der Waals surface area contributed by atoms with Crippen molar-refractivity contribution in [3.63, 3.8) is 0 Å². The molecule has 3 heteroatoms. The highest BCUT2D eigenvalue weighted by atomic mass is 16.5. The van der Waals surface area contributed by atoms with Crippen LogP contribution in [-0.4, -0.2) is 36.5 Å². The fourth-order valence-electron chi connectivity index (χ4n) is 2.66. The molecule has 0 aliphatic carbocycles. The molecule has 0 bridgehead atoms. The second-order valence-electron chi connectivity index (χ2n) is 5.04. The Kier molecular flexibility index (Phi) is 3.10. The monoisotopic (exact) mass is 199 g/mol. The molecule has 0 spiro atoms. The van der Waals surface area contributed by atoms with Gasteiger partial charge in [0, 0.05) is 12.1 Å².